The summed E-state index contributed by atoms with van der Waals surface area (Å²) in [6, 6.07) is 13.0. The topological polar surface area (TPSA) is 61.7 Å². The lowest BCUT2D eigenvalue weighted by Gasteiger charge is -2.00. The van der Waals surface area contributed by atoms with Crippen molar-refractivity contribution in [3.05, 3.63) is 63.0 Å². The number of nitrogens with one attached hydrogen (secondary N) is 1. The van der Waals surface area contributed by atoms with E-state index < -0.39 is 0 Å². The second kappa shape index (κ2) is 7.23. The predicted molar refractivity (Wildman–Crippen MR) is 102 cm³/mol. The van der Waals surface area contributed by atoms with E-state index in [9.17, 15) is 9.90 Å². The number of phenolic OH excluding ortho intramolecular Hbond substituents is 1. The monoisotopic (exact) mass is 402 g/mol. The molecule has 1 fully saturated rings. The van der Waals surface area contributed by atoms with Gasteiger partial charge < -0.3 is 10.4 Å². The van der Waals surface area contributed by atoms with Gasteiger partial charge in [-0.25, -0.2) is 4.99 Å². The molecule has 0 radical (unpaired) electrons. The van der Waals surface area contributed by atoms with Gasteiger partial charge in [-0.3, -0.25) is 4.79 Å². The van der Waals surface area contributed by atoms with Crippen molar-refractivity contribution >= 4 is 50.5 Å². The van der Waals surface area contributed by atoms with Gasteiger partial charge in [0.2, 0.25) is 0 Å². The lowest BCUT2D eigenvalue weighted by Crippen LogP contribution is -2.19. The van der Waals surface area contributed by atoms with Crippen molar-refractivity contribution in [3.63, 3.8) is 0 Å². The van der Waals surface area contributed by atoms with E-state index in [4.69, 9.17) is 0 Å². The Morgan fingerprint density at radius 1 is 1.25 bits per heavy atom. The van der Waals surface area contributed by atoms with Gasteiger partial charge in [0.05, 0.1) is 10.6 Å². The molecule has 0 atom stereocenters. The van der Waals surface area contributed by atoms with Crippen LogP contribution in [-0.4, -0.2) is 16.2 Å². The highest BCUT2D eigenvalue weighted by Crippen LogP contribution is 2.31. The molecule has 0 unspecified atom stereocenters. The Labute approximate surface area is 152 Å². The number of amidine groups is 1. The maximum absolute atomic E-state index is 12.1. The van der Waals surface area contributed by atoms with Crippen LogP contribution in [0.2, 0.25) is 0 Å². The largest absolute Gasteiger partial charge is 0.507 e. The van der Waals surface area contributed by atoms with Crippen molar-refractivity contribution in [1.82, 2.24) is 5.32 Å². The fraction of sp³-hybridized carbons (Fsp3) is 0.111. The number of thioether (sulfide) groups is 1. The summed E-state index contributed by atoms with van der Waals surface area (Å²) in [5, 5.41) is 13.2. The highest BCUT2D eigenvalue weighted by atomic mass is 79.9. The molecule has 6 heteroatoms. The van der Waals surface area contributed by atoms with E-state index in [0.717, 1.165) is 16.6 Å². The summed E-state index contributed by atoms with van der Waals surface area (Å²) in [6.45, 7) is 2.10. The van der Waals surface area contributed by atoms with Crippen molar-refractivity contribution < 1.29 is 9.90 Å². The Kier molecular flexibility index (Phi) is 5.06. The van der Waals surface area contributed by atoms with Gasteiger partial charge >= 0.3 is 0 Å². The molecule has 1 amide bonds. The van der Waals surface area contributed by atoms with Gasteiger partial charge in [-0.1, -0.05) is 35.0 Å². The van der Waals surface area contributed by atoms with E-state index in [0.29, 0.717) is 15.6 Å². The summed E-state index contributed by atoms with van der Waals surface area (Å²) in [5.74, 6) is -0.0945. The van der Waals surface area contributed by atoms with Crippen LogP contribution in [0.25, 0.3) is 6.08 Å². The van der Waals surface area contributed by atoms with Crippen LogP contribution in [0.5, 0.6) is 5.75 Å². The van der Waals surface area contributed by atoms with Crippen molar-refractivity contribution in [1.29, 1.82) is 0 Å². The summed E-state index contributed by atoms with van der Waals surface area (Å²) in [5.41, 5.74) is 2.62. The lowest BCUT2D eigenvalue weighted by molar-refractivity contribution is -0.115. The van der Waals surface area contributed by atoms with Gasteiger partial charge in [-0.05, 0) is 60.2 Å². The number of aryl methyl sites for hydroxylation is 1. The molecule has 1 saturated heterocycles. The number of hydrogen-bond acceptors (Lipinski definition) is 4. The molecule has 24 heavy (non-hydrogen) atoms. The number of aromatic hydroxyl groups is 1. The fourth-order valence-corrected chi connectivity index (χ4v) is 3.40. The molecular weight excluding hydrogens is 388 g/mol. The maximum Gasteiger partial charge on any atom is 0.264 e. The number of amides is 1. The van der Waals surface area contributed by atoms with Crippen LogP contribution >= 0.6 is 27.7 Å². The molecule has 2 N–H and O–H groups in total. The van der Waals surface area contributed by atoms with E-state index >= 15 is 0 Å². The maximum atomic E-state index is 12.1. The molecule has 0 spiro atoms. The molecule has 122 valence electrons. The summed E-state index contributed by atoms with van der Waals surface area (Å²) >= 11 is 4.61. The Balaban J connectivity index is 1.83. The van der Waals surface area contributed by atoms with Gasteiger partial charge in [0.25, 0.3) is 5.91 Å². The molecule has 1 aliphatic heterocycles. The summed E-state index contributed by atoms with van der Waals surface area (Å²) in [7, 11) is 0. The Morgan fingerprint density at radius 2 is 2.00 bits per heavy atom. The standard InChI is InChI=1S/C18H15BrN2O2S/c1-2-11-3-6-14(7-4-11)20-18-21-17(23)16(24-18)10-12-9-13(19)5-8-15(12)22/h3-10,22H,2H2,1H3,(H,20,21,23)/b16-10-. The summed E-state index contributed by atoms with van der Waals surface area (Å²) in [6.07, 6.45) is 2.63. The number of halogens is 1. The van der Waals surface area contributed by atoms with E-state index in [1.54, 1.807) is 24.3 Å². The molecule has 1 aliphatic rings. The number of rotatable bonds is 3. The van der Waals surface area contributed by atoms with Gasteiger partial charge in [0.1, 0.15) is 5.75 Å². The van der Waals surface area contributed by atoms with E-state index in [1.807, 2.05) is 24.3 Å². The third-order valence-corrected chi connectivity index (χ3v) is 4.91. The molecule has 0 aliphatic carbocycles. The first-order valence-electron chi connectivity index (χ1n) is 7.42. The minimum Gasteiger partial charge on any atom is -0.507 e. The minimum absolute atomic E-state index is 0.125. The third kappa shape index (κ3) is 3.88. The molecular formula is C18H15BrN2O2S. The lowest BCUT2D eigenvalue weighted by atomic mass is 10.2. The number of aliphatic imine (C=N–C) groups is 1. The van der Waals surface area contributed by atoms with Gasteiger partial charge in [0.15, 0.2) is 5.17 Å². The number of hydrogen-bond donors (Lipinski definition) is 2. The number of benzene rings is 2. The highest BCUT2D eigenvalue weighted by molar-refractivity contribution is 9.10. The second-order valence-electron chi connectivity index (χ2n) is 5.20. The van der Waals surface area contributed by atoms with Crippen LogP contribution in [0.4, 0.5) is 5.69 Å². The summed E-state index contributed by atoms with van der Waals surface area (Å²) in [4.78, 5) is 17.0. The van der Waals surface area contributed by atoms with Crippen LogP contribution in [-0.2, 0) is 11.2 Å². The number of carbonyl (C=O) groups is 1. The molecule has 3 rings (SSSR count). The predicted octanol–water partition coefficient (Wildman–Crippen LogP) is 4.61. The Hall–Kier alpha value is -2.05. The first-order valence-corrected chi connectivity index (χ1v) is 9.03. The molecule has 2 aromatic carbocycles. The zero-order valence-electron chi connectivity index (χ0n) is 12.9. The number of nitrogens with zero attached hydrogens (tertiary/aromatic N) is 1. The van der Waals surface area contributed by atoms with Crippen molar-refractivity contribution in [2.24, 2.45) is 4.99 Å². The van der Waals surface area contributed by atoms with E-state index in [1.165, 1.54) is 17.3 Å². The Bertz CT molecular complexity index is 845. The fourth-order valence-electron chi connectivity index (χ4n) is 2.19. The smallest absolute Gasteiger partial charge is 0.264 e. The van der Waals surface area contributed by atoms with E-state index in [-0.39, 0.29) is 11.7 Å². The average Bonchev–Trinajstić information content (AvgIpc) is 2.91. The second-order valence-corrected chi connectivity index (χ2v) is 7.15. The van der Waals surface area contributed by atoms with Crippen molar-refractivity contribution in [2.75, 3.05) is 0 Å². The van der Waals surface area contributed by atoms with Crippen LogP contribution in [0.3, 0.4) is 0 Å². The quantitative estimate of drug-likeness (QED) is 0.736. The molecule has 0 bridgehead atoms. The first kappa shape index (κ1) is 16.8. The highest BCUT2D eigenvalue weighted by Gasteiger charge is 2.24. The van der Waals surface area contributed by atoms with Crippen LogP contribution < -0.4 is 5.32 Å². The normalized spacial score (nSPS) is 17.5. The zero-order chi connectivity index (χ0) is 17.1. The molecule has 4 nitrogen and oxygen atoms in total. The zero-order valence-corrected chi connectivity index (χ0v) is 15.3. The third-order valence-electron chi connectivity index (χ3n) is 3.50. The van der Waals surface area contributed by atoms with Crippen LogP contribution in [0.1, 0.15) is 18.1 Å². The molecule has 0 aromatic heterocycles. The molecule has 2 aromatic rings. The Morgan fingerprint density at radius 3 is 2.71 bits per heavy atom. The van der Waals surface area contributed by atoms with Crippen molar-refractivity contribution in [2.45, 2.75) is 13.3 Å². The first-order chi connectivity index (χ1) is 11.5. The van der Waals surface area contributed by atoms with Crippen molar-refractivity contribution in [3.8, 4) is 5.75 Å². The molecule has 1 heterocycles. The van der Waals surface area contributed by atoms with Crippen LogP contribution in [0.15, 0.2) is 56.8 Å². The van der Waals surface area contributed by atoms with Gasteiger partial charge in [0, 0.05) is 10.0 Å². The number of phenols is 1. The van der Waals surface area contributed by atoms with Gasteiger partial charge in [-0.2, -0.15) is 0 Å². The van der Waals surface area contributed by atoms with Gasteiger partial charge in [-0.15, -0.1) is 0 Å². The molecule has 0 saturated carbocycles. The minimum atomic E-state index is -0.219. The number of carbonyl (C=O) groups excluding carboxylic acids is 1. The SMILES string of the molecule is CCc1ccc(N=C2NC(=O)/C(=C/c3cc(Br)ccc3O)S2)cc1. The van der Waals surface area contributed by atoms with E-state index in [2.05, 4.69) is 33.2 Å². The summed E-state index contributed by atoms with van der Waals surface area (Å²) < 4.78 is 0.834. The average molecular weight is 403 g/mol. The van der Waals surface area contributed by atoms with Crippen LogP contribution in [0, 0.1) is 0 Å².